The van der Waals surface area contributed by atoms with Crippen molar-refractivity contribution in [2.75, 3.05) is 0 Å². The number of benzene rings is 1. The van der Waals surface area contributed by atoms with Crippen molar-refractivity contribution < 1.29 is 13.5 Å². The Morgan fingerprint density at radius 2 is 2.12 bits per heavy atom. The minimum Gasteiger partial charge on any atom is -0.472 e. The number of hydrogen-bond acceptors (Lipinski definition) is 4. The van der Waals surface area contributed by atoms with Gasteiger partial charge in [-0.2, -0.15) is 4.98 Å². The third-order valence-electron chi connectivity index (χ3n) is 3.55. The van der Waals surface area contributed by atoms with E-state index in [-0.39, 0.29) is 28.1 Å². The third kappa shape index (κ3) is 3.96. The number of rotatable bonds is 5. The number of ether oxygens (including phenoxy) is 1. The third-order valence-corrected chi connectivity index (χ3v) is 5.09. The van der Waals surface area contributed by atoms with Crippen LogP contribution in [0.4, 0.5) is 8.78 Å². The maximum absolute atomic E-state index is 13.7. The first-order valence-electron chi connectivity index (χ1n) is 7.31. The molecule has 130 valence electrons. The molecule has 0 saturated carbocycles. The molecule has 3 rings (SSSR count). The largest absolute Gasteiger partial charge is 0.472 e. The Morgan fingerprint density at radius 1 is 1.32 bits per heavy atom. The predicted octanol–water partition coefficient (Wildman–Crippen LogP) is 4.28. The zero-order valence-electron chi connectivity index (χ0n) is 13.1. The highest BCUT2D eigenvalue weighted by molar-refractivity contribution is 9.10. The van der Waals surface area contributed by atoms with Gasteiger partial charge in [0.1, 0.15) is 28.5 Å². The molecule has 0 unspecified atom stereocenters. The second kappa shape index (κ2) is 7.45. The van der Waals surface area contributed by atoms with E-state index in [9.17, 15) is 13.6 Å². The van der Waals surface area contributed by atoms with Gasteiger partial charge in [0, 0.05) is 16.5 Å². The first-order valence-corrected chi connectivity index (χ1v) is 8.99. The van der Waals surface area contributed by atoms with Crippen molar-refractivity contribution in [1.29, 1.82) is 0 Å². The molecule has 0 amide bonds. The van der Waals surface area contributed by atoms with Crippen LogP contribution in [-0.4, -0.2) is 9.55 Å². The molecule has 0 radical (unpaired) electrons. The Labute approximate surface area is 154 Å². The monoisotopic (exact) mass is 426 g/mol. The maximum atomic E-state index is 13.7. The zero-order chi connectivity index (χ0) is 18.0. The van der Waals surface area contributed by atoms with Crippen molar-refractivity contribution in [2.24, 2.45) is 0 Å². The SMILES string of the molecule is Cc1nc(OCc2ccc(F)cc2F)c(Br)c(=O)n1Cc1cccs1. The van der Waals surface area contributed by atoms with Gasteiger partial charge in [0.2, 0.25) is 5.88 Å². The molecule has 0 fully saturated rings. The molecule has 2 heterocycles. The molecule has 0 spiro atoms. The van der Waals surface area contributed by atoms with Crippen LogP contribution in [0.15, 0.2) is 45.0 Å². The smallest absolute Gasteiger partial charge is 0.272 e. The van der Waals surface area contributed by atoms with Gasteiger partial charge in [0.15, 0.2) is 0 Å². The van der Waals surface area contributed by atoms with Crippen molar-refractivity contribution >= 4 is 27.3 Å². The van der Waals surface area contributed by atoms with Crippen LogP contribution < -0.4 is 10.3 Å². The summed E-state index contributed by atoms with van der Waals surface area (Å²) in [6, 6.07) is 7.08. The summed E-state index contributed by atoms with van der Waals surface area (Å²) in [6.07, 6.45) is 0. The molecule has 0 aliphatic carbocycles. The minimum absolute atomic E-state index is 0.0775. The molecular weight excluding hydrogens is 414 g/mol. The van der Waals surface area contributed by atoms with Gasteiger partial charge >= 0.3 is 0 Å². The molecule has 25 heavy (non-hydrogen) atoms. The van der Waals surface area contributed by atoms with Gasteiger partial charge < -0.3 is 4.74 Å². The number of aromatic nitrogens is 2. The molecule has 0 N–H and O–H groups in total. The van der Waals surface area contributed by atoms with Crippen molar-refractivity contribution in [1.82, 2.24) is 9.55 Å². The van der Waals surface area contributed by atoms with Crippen LogP contribution in [0.25, 0.3) is 0 Å². The van der Waals surface area contributed by atoms with Crippen molar-refractivity contribution in [3.63, 3.8) is 0 Å². The fourth-order valence-corrected chi connectivity index (χ4v) is 3.35. The molecule has 1 aromatic carbocycles. The lowest BCUT2D eigenvalue weighted by atomic mass is 10.2. The van der Waals surface area contributed by atoms with Crippen LogP contribution in [0.5, 0.6) is 5.88 Å². The van der Waals surface area contributed by atoms with Gasteiger partial charge in [-0.1, -0.05) is 6.07 Å². The Bertz CT molecular complexity index is 958. The molecule has 0 aliphatic rings. The van der Waals surface area contributed by atoms with E-state index in [4.69, 9.17) is 4.74 Å². The van der Waals surface area contributed by atoms with Gasteiger partial charge in [-0.05, 0) is 46.4 Å². The lowest BCUT2D eigenvalue weighted by Crippen LogP contribution is -2.25. The second-order valence-electron chi connectivity index (χ2n) is 5.27. The number of nitrogens with zero attached hydrogens (tertiary/aromatic N) is 2. The van der Waals surface area contributed by atoms with Gasteiger partial charge in [-0.25, -0.2) is 8.78 Å². The van der Waals surface area contributed by atoms with E-state index in [2.05, 4.69) is 20.9 Å². The Kier molecular flexibility index (Phi) is 5.29. The summed E-state index contributed by atoms with van der Waals surface area (Å²) in [7, 11) is 0. The van der Waals surface area contributed by atoms with Crippen LogP contribution in [0, 0.1) is 18.6 Å². The Morgan fingerprint density at radius 3 is 2.80 bits per heavy atom. The highest BCUT2D eigenvalue weighted by Gasteiger charge is 2.15. The zero-order valence-corrected chi connectivity index (χ0v) is 15.5. The average molecular weight is 427 g/mol. The van der Waals surface area contributed by atoms with Crippen molar-refractivity contribution in [3.05, 3.63) is 78.4 Å². The van der Waals surface area contributed by atoms with E-state index in [0.29, 0.717) is 12.4 Å². The molecule has 0 atom stereocenters. The van der Waals surface area contributed by atoms with Crippen LogP contribution in [0.1, 0.15) is 16.3 Å². The number of halogens is 3. The molecule has 8 heteroatoms. The number of hydrogen-bond donors (Lipinski definition) is 0. The summed E-state index contributed by atoms with van der Waals surface area (Å²) >= 11 is 4.75. The molecule has 4 nitrogen and oxygen atoms in total. The molecule has 0 saturated heterocycles. The number of thiophene rings is 1. The molecule has 3 aromatic rings. The fraction of sp³-hybridized carbons (Fsp3) is 0.176. The van der Waals surface area contributed by atoms with Gasteiger partial charge in [-0.3, -0.25) is 9.36 Å². The van der Waals surface area contributed by atoms with E-state index < -0.39 is 11.6 Å². The summed E-state index contributed by atoms with van der Waals surface area (Å²) in [4.78, 5) is 17.8. The Balaban J connectivity index is 1.84. The van der Waals surface area contributed by atoms with E-state index in [0.717, 1.165) is 17.0 Å². The fourth-order valence-electron chi connectivity index (χ4n) is 2.24. The van der Waals surface area contributed by atoms with Crippen molar-refractivity contribution in [3.8, 4) is 5.88 Å². The predicted molar refractivity (Wildman–Crippen MR) is 95.0 cm³/mol. The van der Waals surface area contributed by atoms with E-state index in [1.165, 1.54) is 10.6 Å². The van der Waals surface area contributed by atoms with Gasteiger partial charge in [0.25, 0.3) is 5.56 Å². The summed E-state index contributed by atoms with van der Waals surface area (Å²) in [5.41, 5.74) is -0.106. The summed E-state index contributed by atoms with van der Waals surface area (Å²) < 4.78 is 33.8. The van der Waals surface area contributed by atoms with Crippen LogP contribution in [-0.2, 0) is 13.2 Å². The van der Waals surface area contributed by atoms with Crippen LogP contribution in [0.2, 0.25) is 0 Å². The summed E-state index contributed by atoms with van der Waals surface area (Å²) in [5, 5.41) is 1.94. The van der Waals surface area contributed by atoms with Crippen LogP contribution in [0.3, 0.4) is 0 Å². The highest BCUT2D eigenvalue weighted by Crippen LogP contribution is 2.21. The van der Waals surface area contributed by atoms with E-state index in [1.807, 2.05) is 17.5 Å². The molecule has 2 aromatic heterocycles. The summed E-state index contributed by atoms with van der Waals surface area (Å²) in [6.45, 7) is 1.96. The molecular formula is C17H13BrF2N2O2S. The van der Waals surface area contributed by atoms with Gasteiger partial charge in [0.05, 0.1) is 6.54 Å². The van der Waals surface area contributed by atoms with E-state index >= 15 is 0 Å². The molecule has 0 bridgehead atoms. The first-order chi connectivity index (χ1) is 12.0. The maximum Gasteiger partial charge on any atom is 0.272 e. The first kappa shape index (κ1) is 17.8. The Hall–Kier alpha value is -2.06. The second-order valence-corrected chi connectivity index (χ2v) is 7.10. The topological polar surface area (TPSA) is 44.1 Å². The van der Waals surface area contributed by atoms with Crippen LogP contribution >= 0.6 is 27.3 Å². The number of aryl methyl sites for hydroxylation is 1. The summed E-state index contributed by atoms with van der Waals surface area (Å²) in [5.74, 6) is -0.809. The van der Waals surface area contributed by atoms with Gasteiger partial charge in [-0.15, -0.1) is 11.3 Å². The highest BCUT2D eigenvalue weighted by atomic mass is 79.9. The lowest BCUT2D eigenvalue weighted by Gasteiger charge is -2.13. The minimum atomic E-state index is -0.709. The average Bonchev–Trinajstić information content (AvgIpc) is 3.08. The quantitative estimate of drug-likeness (QED) is 0.611. The van der Waals surface area contributed by atoms with E-state index in [1.54, 1.807) is 18.3 Å². The lowest BCUT2D eigenvalue weighted by molar-refractivity contribution is 0.282. The molecule has 0 aliphatic heterocycles. The normalized spacial score (nSPS) is 10.9. The standard InChI is InChI=1S/C17H13BrF2N2O2S/c1-10-21-16(24-9-11-4-5-12(19)7-14(11)20)15(18)17(23)22(10)8-13-3-2-6-25-13/h2-7H,8-9H2,1H3. The van der Waals surface area contributed by atoms with Crippen molar-refractivity contribution in [2.45, 2.75) is 20.1 Å².